The molecular weight excluding hydrogens is 218 g/mol. The van der Waals surface area contributed by atoms with Crippen molar-refractivity contribution in [3.8, 4) is 0 Å². The first kappa shape index (κ1) is 13.0. The van der Waals surface area contributed by atoms with Crippen LogP contribution in [0.4, 0.5) is 16.6 Å². The number of amides is 2. The van der Waals surface area contributed by atoms with E-state index in [1.54, 1.807) is 6.08 Å². The maximum atomic E-state index is 11.4. The zero-order valence-electron chi connectivity index (χ0n) is 10.3. The molecule has 2 amide bonds. The fraction of sp³-hybridized carbons (Fsp3) is 0.364. The van der Waals surface area contributed by atoms with Gasteiger partial charge in [-0.05, 0) is 6.92 Å². The molecule has 92 valence electrons. The van der Waals surface area contributed by atoms with Gasteiger partial charge in [0.15, 0.2) is 0 Å². The van der Waals surface area contributed by atoms with Crippen LogP contribution in [0.1, 0.15) is 5.69 Å². The second kappa shape index (κ2) is 5.83. The van der Waals surface area contributed by atoms with Crippen LogP contribution < -0.4 is 15.5 Å². The lowest BCUT2D eigenvalue weighted by atomic mass is 10.4. The van der Waals surface area contributed by atoms with Crippen LogP contribution in [-0.4, -0.2) is 36.6 Å². The Kier molecular flexibility index (Phi) is 4.45. The molecular formula is C11H17N5O. The summed E-state index contributed by atoms with van der Waals surface area (Å²) in [5.41, 5.74) is 0.794. The van der Waals surface area contributed by atoms with E-state index in [1.807, 2.05) is 32.0 Å². The summed E-state index contributed by atoms with van der Waals surface area (Å²) in [5, 5.41) is 5.15. The van der Waals surface area contributed by atoms with Crippen molar-refractivity contribution >= 4 is 17.8 Å². The molecule has 0 aliphatic heterocycles. The van der Waals surface area contributed by atoms with Crippen LogP contribution in [0.5, 0.6) is 0 Å². The fourth-order valence-electron chi connectivity index (χ4n) is 1.15. The van der Waals surface area contributed by atoms with Crippen LogP contribution in [0, 0.1) is 6.92 Å². The molecule has 2 N–H and O–H groups in total. The molecule has 0 spiro atoms. The van der Waals surface area contributed by atoms with Crippen LogP contribution in [0.15, 0.2) is 18.7 Å². The van der Waals surface area contributed by atoms with Crippen molar-refractivity contribution in [1.82, 2.24) is 15.3 Å². The van der Waals surface area contributed by atoms with Gasteiger partial charge < -0.3 is 10.2 Å². The number of nitrogens with one attached hydrogen (secondary N) is 2. The lowest BCUT2D eigenvalue weighted by Gasteiger charge is -2.13. The van der Waals surface area contributed by atoms with Gasteiger partial charge in [-0.15, -0.1) is 6.58 Å². The highest BCUT2D eigenvalue weighted by Crippen LogP contribution is 2.11. The number of carbonyl (C=O) groups is 1. The monoisotopic (exact) mass is 235 g/mol. The molecule has 0 fully saturated rings. The van der Waals surface area contributed by atoms with Gasteiger partial charge in [0.1, 0.15) is 5.82 Å². The van der Waals surface area contributed by atoms with E-state index in [2.05, 4.69) is 27.2 Å². The molecule has 6 nitrogen and oxygen atoms in total. The molecule has 0 bridgehead atoms. The largest absolute Gasteiger partial charge is 0.363 e. The van der Waals surface area contributed by atoms with Crippen molar-refractivity contribution in [3.05, 3.63) is 24.4 Å². The predicted octanol–water partition coefficient (Wildman–Crippen LogP) is 1.16. The first-order valence-electron chi connectivity index (χ1n) is 5.21. The Morgan fingerprint density at radius 3 is 2.82 bits per heavy atom. The van der Waals surface area contributed by atoms with E-state index in [0.717, 1.165) is 11.5 Å². The summed E-state index contributed by atoms with van der Waals surface area (Å²) >= 11 is 0. The van der Waals surface area contributed by atoms with Gasteiger partial charge in [-0.3, -0.25) is 5.32 Å². The van der Waals surface area contributed by atoms with Gasteiger partial charge in [0.05, 0.1) is 0 Å². The number of hydrogen-bond acceptors (Lipinski definition) is 4. The Morgan fingerprint density at radius 2 is 2.24 bits per heavy atom. The highest BCUT2D eigenvalue weighted by atomic mass is 16.2. The molecule has 0 saturated heterocycles. The Bertz CT molecular complexity index is 416. The van der Waals surface area contributed by atoms with E-state index >= 15 is 0 Å². The van der Waals surface area contributed by atoms with Crippen LogP contribution in [0.2, 0.25) is 0 Å². The quantitative estimate of drug-likeness (QED) is 0.768. The fourth-order valence-corrected chi connectivity index (χ4v) is 1.15. The third-order valence-electron chi connectivity index (χ3n) is 1.93. The Hall–Kier alpha value is -2.11. The summed E-state index contributed by atoms with van der Waals surface area (Å²) in [5.74, 6) is 1.03. The highest BCUT2D eigenvalue weighted by Gasteiger charge is 2.06. The number of urea groups is 1. The summed E-state index contributed by atoms with van der Waals surface area (Å²) in [4.78, 5) is 21.6. The first-order valence-corrected chi connectivity index (χ1v) is 5.21. The van der Waals surface area contributed by atoms with E-state index in [9.17, 15) is 4.79 Å². The number of nitrogens with zero attached hydrogens (tertiary/aromatic N) is 3. The molecule has 1 rings (SSSR count). The average molecular weight is 235 g/mol. The van der Waals surface area contributed by atoms with E-state index < -0.39 is 0 Å². The second-order valence-corrected chi connectivity index (χ2v) is 3.71. The van der Waals surface area contributed by atoms with Crippen LogP contribution in [0.25, 0.3) is 0 Å². The summed E-state index contributed by atoms with van der Waals surface area (Å²) in [7, 11) is 3.76. The number of aromatic nitrogens is 2. The molecule has 0 unspecified atom stereocenters. The van der Waals surface area contributed by atoms with E-state index in [0.29, 0.717) is 6.54 Å². The number of rotatable bonds is 4. The Labute approximate surface area is 101 Å². The predicted molar refractivity (Wildman–Crippen MR) is 68.3 cm³/mol. The van der Waals surface area contributed by atoms with Gasteiger partial charge in [0, 0.05) is 32.4 Å². The zero-order valence-corrected chi connectivity index (χ0v) is 10.3. The molecule has 1 heterocycles. The number of anilines is 2. The van der Waals surface area contributed by atoms with Crippen molar-refractivity contribution in [3.63, 3.8) is 0 Å². The molecule has 0 atom stereocenters. The van der Waals surface area contributed by atoms with E-state index in [4.69, 9.17) is 0 Å². The summed E-state index contributed by atoms with van der Waals surface area (Å²) in [6.07, 6.45) is 1.60. The van der Waals surface area contributed by atoms with Gasteiger partial charge in [0.25, 0.3) is 0 Å². The van der Waals surface area contributed by atoms with Gasteiger partial charge in [-0.25, -0.2) is 9.78 Å². The summed E-state index contributed by atoms with van der Waals surface area (Å²) < 4.78 is 0. The number of aryl methyl sites for hydroxylation is 1. The standard InChI is InChI=1S/C11H17N5O/c1-5-6-12-11(17)15-10-13-8(2)7-9(14-10)16(3)4/h5,7H,1,6H2,2-4H3,(H2,12,13,14,15,17). The van der Waals surface area contributed by atoms with Gasteiger partial charge in [-0.2, -0.15) is 4.98 Å². The topological polar surface area (TPSA) is 70.2 Å². The first-order chi connectivity index (χ1) is 8.02. The molecule has 0 aliphatic carbocycles. The van der Waals surface area contributed by atoms with Crippen LogP contribution >= 0.6 is 0 Å². The minimum atomic E-state index is -0.347. The maximum absolute atomic E-state index is 11.4. The minimum absolute atomic E-state index is 0.287. The van der Waals surface area contributed by atoms with Crippen molar-refractivity contribution in [2.24, 2.45) is 0 Å². The van der Waals surface area contributed by atoms with E-state index in [1.165, 1.54) is 0 Å². The third kappa shape index (κ3) is 4.10. The zero-order chi connectivity index (χ0) is 12.8. The van der Waals surface area contributed by atoms with Crippen LogP contribution in [0.3, 0.4) is 0 Å². The maximum Gasteiger partial charge on any atom is 0.321 e. The molecule has 0 aromatic carbocycles. The smallest absolute Gasteiger partial charge is 0.321 e. The molecule has 6 heteroatoms. The molecule has 0 saturated carbocycles. The van der Waals surface area contributed by atoms with Gasteiger partial charge in [0.2, 0.25) is 5.95 Å². The molecule has 0 radical (unpaired) electrons. The van der Waals surface area contributed by atoms with Crippen molar-refractivity contribution < 1.29 is 4.79 Å². The van der Waals surface area contributed by atoms with Crippen molar-refractivity contribution in [2.75, 3.05) is 30.9 Å². The van der Waals surface area contributed by atoms with Crippen LogP contribution in [-0.2, 0) is 0 Å². The summed E-state index contributed by atoms with van der Waals surface area (Å²) in [6, 6.07) is 1.49. The third-order valence-corrected chi connectivity index (χ3v) is 1.93. The molecule has 1 aromatic rings. The Balaban J connectivity index is 2.77. The lowest BCUT2D eigenvalue weighted by Crippen LogP contribution is -2.29. The van der Waals surface area contributed by atoms with Gasteiger partial charge in [-0.1, -0.05) is 6.08 Å². The normalized spacial score (nSPS) is 9.59. The number of carbonyl (C=O) groups excluding carboxylic acids is 1. The van der Waals surface area contributed by atoms with Gasteiger partial charge >= 0.3 is 6.03 Å². The average Bonchev–Trinajstić information content (AvgIpc) is 2.25. The lowest BCUT2D eigenvalue weighted by molar-refractivity contribution is 0.253. The van der Waals surface area contributed by atoms with Crippen molar-refractivity contribution in [1.29, 1.82) is 0 Å². The summed E-state index contributed by atoms with van der Waals surface area (Å²) in [6.45, 7) is 5.76. The van der Waals surface area contributed by atoms with Crippen molar-refractivity contribution in [2.45, 2.75) is 6.92 Å². The molecule has 17 heavy (non-hydrogen) atoms. The SMILES string of the molecule is C=CCNC(=O)Nc1nc(C)cc(N(C)C)n1. The second-order valence-electron chi connectivity index (χ2n) is 3.71. The molecule has 0 aliphatic rings. The molecule has 1 aromatic heterocycles. The van der Waals surface area contributed by atoms with E-state index in [-0.39, 0.29) is 12.0 Å². The Morgan fingerprint density at radius 1 is 1.53 bits per heavy atom. The highest BCUT2D eigenvalue weighted by molar-refractivity contribution is 5.87. The minimum Gasteiger partial charge on any atom is -0.363 e. The number of hydrogen-bond donors (Lipinski definition) is 2.